The van der Waals surface area contributed by atoms with Gasteiger partial charge in [0, 0.05) is 33.1 Å². The zero-order valence-electron chi connectivity index (χ0n) is 13.8. The predicted octanol–water partition coefficient (Wildman–Crippen LogP) is 0.681. The molecule has 8 nitrogen and oxygen atoms in total. The van der Waals surface area contributed by atoms with Crippen LogP contribution < -0.4 is 10.0 Å². The van der Waals surface area contributed by atoms with E-state index in [2.05, 4.69) is 10.0 Å². The molecule has 0 aromatic heterocycles. The maximum atomic E-state index is 12.5. The van der Waals surface area contributed by atoms with Gasteiger partial charge < -0.3 is 15.1 Å². The lowest BCUT2D eigenvalue weighted by atomic mass is 10.3. The summed E-state index contributed by atoms with van der Waals surface area (Å²) >= 11 is 0. The molecule has 1 aliphatic rings. The van der Waals surface area contributed by atoms with E-state index in [1.165, 1.54) is 20.0 Å². The van der Waals surface area contributed by atoms with Gasteiger partial charge in [0.05, 0.1) is 5.69 Å². The number of benzene rings is 1. The van der Waals surface area contributed by atoms with Crippen LogP contribution in [-0.2, 0) is 14.8 Å². The largest absolute Gasteiger partial charge is 0.341 e. The Labute approximate surface area is 141 Å². The number of nitrogens with zero attached hydrogens (tertiary/aromatic N) is 2. The molecule has 0 spiro atoms. The van der Waals surface area contributed by atoms with Crippen LogP contribution in [0.1, 0.15) is 13.3 Å². The van der Waals surface area contributed by atoms with Crippen molar-refractivity contribution in [1.29, 1.82) is 0 Å². The highest BCUT2D eigenvalue weighted by Gasteiger charge is 2.22. The number of urea groups is 1. The van der Waals surface area contributed by atoms with E-state index in [4.69, 9.17) is 0 Å². The minimum absolute atomic E-state index is 0.0114. The van der Waals surface area contributed by atoms with Gasteiger partial charge in [-0.1, -0.05) is 12.1 Å². The van der Waals surface area contributed by atoms with Gasteiger partial charge in [-0.05, 0) is 25.6 Å². The molecule has 1 aliphatic heterocycles. The lowest BCUT2D eigenvalue weighted by Crippen LogP contribution is -2.39. The van der Waals surface area contributed by atoms with Gasteiger partial charge in [-0.2, -0.15) is 0 Å². The Morgan fingerprint density at radius 3 is 2.33 bits per heavy atom. The monoisotopic (exact) mass is 354 g/mol. The summed E-state index contributed by atoms with van der Waals surface area (Å²) in [5.74, 6) is -0.0114. The van der Waals surface area contributed by atoms with Crippen molar-refractivity contribution in [2.24, 2.45) is 0 Å². The third-order valence-corrected chi connectivity index (χ3v) is 5.39. The van der Waals surface area contributed by atoms with E-state index in [1.807, 2.05) is 0 Å². The van der Waals surface area contributed by atoms with Crippen LogP contribution in [0.5, 0.6) is 0 Å². The van der Waals surface area contributed by atoms with Crippen molar-refractivity contribution in [3.05, 3.63) is 24.3 Å². The highest BCUT2D eigenvalue weighted by atomic mass is 32.2. The lowest BCUT2D eigenvalue weighted by molar-refractivity contribution is -0.128. The highest BCUT2D eigenvalue weighted by Crippen LogP contribution is 2.21. The van der Waals surface area contributed by atoms with Crippen molar-refractivity contribution in [2.45, 2.75) is 18.2 Å². The first kappa shape index (κ1) is 18.2. The predicted molar refractivity (Wildman–Crippen MR) is 90.2 cm³/mol. The Kier molecular flexibility index (Phi) is 5.79. The maximum absolute atomic E-state index is 12.5. The summed E-state index contributed by atoms with van der Waals surface area (Å²) in [6, 6.07) is 5.85. The van der Waals surface area contributed by atoms with Gasteiger partial charge in [-0.15, -0.1) is 0 Å². The van der Waals surface area contributed by atoms with E-state index in [0.717, 1.165) is 0 Å². The number of nitrogens with one attached hydrogen (secondary N) is 2. The quantitative estimate of drug-likeness (QED) is 0.834. The van der Waals surface area contributed by atoms with Crippen LogP contribution in [0, 0.1) is 0 Å². The van der Waals surface area contributed by atoms with Crippen LogP contribution in [0.25, 0.3) is 0 Å². The van der Waals surface area contributed by atoms with Crippen molar-refractivity contribution in [3.8, 4) is 0 Å². The number of hydrogen-bond acceptors (Lipinski definition) is 4. The van der Waals surface area contributed by atoms with Gasteiger partial charge in [0.1, 0.15) is 4.90 Å². The third kappa shape index (κ3) is 4.24. The van der Waals surface area contributed by atoms with Crippen molar-refractivity contribution in [2.75, 3.05) is 38.5 Å². The summed E-state index contributed by atoms with van der Waals surface area (Å²) in [5, 5.41) is 2.66. The SMILES string of the molecule is CNS(=O)(=O)c1ccccc1NC(=O)N1CCCN(C(C)=O)CC1. The highest BCUT2D eigenvalue weighted by molar-refractivity contribution is 7.89. The van der Waals surface area contributed by atoms with E-state index >= 15 is 0 Å². The first-order valence-corrected chi connectivity index (χ1v) is 9.17. The molecule has 0 radical (unpaired) electrons. The fourth-order valence-corrected chi connectivity index (χ4v) is 3.43. The van der Waals surface area contributed by atoms with Gasteiger partial charge in [-0.25, -0.2) is 17.9 Å². The third-order valence-electron chi connectivity index (χ3n) is 3.92. The first-order valence-electron chi connectivity index (χ1n) is 7.69. The Bertz CT molecular complexity index is 720. The molecule has 0 aliphatic carbocycles. The molecule has 1 fully saturated rings. The normalized spacial score (nSPS) is 15.8. The second-order valence-corrected chi connectivity index (χ2v) is 7.34. The maximum Gasteiger partial charge on any atom is 0.321 e. The number of hydrogen-bond donors (Lipinski definition) is 2. The Morgan fingerprint density at radius 1 is 1.04 bits per heavy atom. The van der Waals surface area contributed by atoms with Crippen LogP contribution in [0.2, 0.25) is 0 Å². The van der Waals surface area contributed by atoms with Gasteiger partial charge >= 0.3 is 6.03 Å². The molecule has 132 valence electrons. The zero-order chi connectivity index (χ0) is 17.7. The summed E-state index contributed by atoms with van der Waals surface area (Å²) in [7, 11) is -2.35. The van der Waals surface area contributed by atoms with Gasteiger partial charge in [0.2, 0.25) is 15.9 Å². The molecule has 2 rings (SSSR count). The van der Waals surface area contributed by atoms with Crippen molar-refractivity contribution in [3.63, 3.8) is 0 Å². The number of amides is 3. The Hall–Kier alpha value is -2.13. The Balaban J connectivity index is 2.12. The van der Waals surface area contributed by atoms with Gasteiger partial charge in [0.25, 0.3) is 0 Å². The molecule has 9 heteroatoms. The molecular formula is C15H22N4O4S. The molecule has 2 N–H and O–H groups in total. The lowest BCUT2D eigenvalue weighted by Gasteiger charge is -2.22. The molecule has 1 aromatic carbocycles. The fraction of sp³-hybridized carbons (Fsp3) is 0.467. The summed E-state index contributed by atoms with van der Waals surface area (Å²) < 4.78 is 26.3. The topological polar surface area (TPSA) is 98.8 Å². The Morgan fingerprint density at radius 2 is 1.67 bits per heavy atom. The van der Waals surface area contributed by atoms with Crippen LogP contribution >= 0.6 is 0 Å². The standard InChI is InChI=1S/C15H22N4O4S/c1-12(20)18-8-5-9-19(11-10-18)15(21)17-13-6-3-4-7-14(13)24(22,23)16-2/h3-4,6-7,16H,5,8-11H2,1-2H3,(H,17,21). The molecule has 0 bridgehead atoms. The summed E-state index contributed by atoms with van der Waals surface area (Å²) in [6.07, 6.45) is 0.684. The molecule has 1 heterocycles. The number of rotatable bonds is 3. The van der Waals surface area contributed by atoms with Crippen LogP contribution in [0.4, 0.5) is 10.5 Å². The molecule has 0 saturated carbocycles. The smallest absolute Gasteiger partial charge is 0.321 e. The minimum Gasteiger partial charge on any atom is -0.341 e. The average Bonchev–Trinajstić information content (AvgIpc) is 2.81. The summed E-state index contributed by atoms with van der Waals surface area (Å²) in [6.45, 7) is 3.51. The van der Waals surface area contributed by atoms with Crippen molar-refractivity contribution in [1.82, 2.24) is 14.5 Å². The first-order chi connectivity index (χ1) is 11.3. The molecule has 0 unspecified atom stereocenters. The van der Waals surface area contributed by atoms with E-state index in [1.54, 1.807) is 28.0 Å². The molecule has 0 atom stereocenters. The number of carbonyl (C=O) groups is 2. The number of sulfonamides is 1. The number of para-hydroxylation sites is 1. The summed E-state index contributed by atoms with van der Waals surface area (Å²) in [4.78, 5) is 27.2. The van der Waals surface area contributed by atoms with Crippen LogP contribution in [0.15, 0.2) is 29.2 Å². The molecular weight excluding hydrogens is 332 g/mol. The second kappa shape index (κ2) is 7.63. The van der Waals surface area contributed by atoms with Gasteiger partial charge in [0.15, 0.2) is 0 Å². The zero-order valence-corrected chi connectivity index (χ0v) is 14.6. The molecule has 1 aromatic rings. The minimum atomic E-state index is -3.67. The van der Waals surface area contributed by atoms with E-state index in [-0.39, 0.29) is 22.5 Å². The van der Waals surface area contributed by atoms with E-state index < -0.39 is 10.0 Å². The molecule has 3 amide bonds. The van der Waals surface area contributed by atoms with Gasteiger partial charge in [-0.3, -0.25) is 4.79 Å². The fourth-order valence-electron chi connectivity index (χ4n) is 2.54. The van der Waals surface area contributed by atoms with Crippen LogP contribution in [0.3, 0.4) is 0 Å². The molecule has 1 saturated heterocycles. The van der Waals surface area contributed by atoms with E-state index in [0.29, 0.717) is 32.6 Å². The second-order valence-electron chi connectivity index (χ2n) is 5.48. The van der Waals surface area contributed by atoms with Crippen molar-refractivity contribution < 1.29 is 18.0 Å². The van der Waals surface area contributed by atoms with Crippen molar-refractivity contribution >= 4 is 27.6 Å². The number of carbonyl (C=O) groups excluding carboxylic acids is 2. The number of anilines is 1. The summed E-state index contributed by atoms with van der Waals surface area (Å²) in [5.41, 5.74) is 0.226. The average molecular weight is 354 g/mol. The van der Waals surface area contributed by atoms with E-state index in [9.17, 15) is 18.0 Å². The molecule has 24 heavy (non-hydrogen) atoms. The van der Waals surface area contributed by atoms with Crippen LogP contribution in [-0.4, -0.2) is 63.4 Å².